The molecule has 0 aliphatic carbocycles. The number of hydrogen-bond donors (Lipinski definition) is 0. The fourth-order valence-corrected chi connectivity index (χ4v) is 4.06. The van der Waals surface area contributed by atoms with Crippen LogP contribution in [0.15, 0.2) is 46.9 Å². The number of benzene rings is 1. The molecule has 0 atom stereocenters. The topological polar surface area (TPSA) is 13.1 Å². The van der Waals surface area contributed by atoms with E-state index in [1.54, 1.807) is 0 Å². The van der Waals surface area contributed by atoms with Gasteiger partial charge in [-0.3, -0.25) is 0 Å². The third-order valence-electron chi connectivity index (χ3n) is 3.10. The van der Waals surface area contributed by atoms with Crippen LogP contribution in [0.3, 0.4) is 0 Å². The van der Waals surface area contributed by atoms with Crippen LogP contribution in [0.1, 0.15) is 12.7 Å². The highest BCUT2D eigenvalue weighted by Gasteiger charge is 2.23. The van der Waals surface area contributed by atoms with Gasteiger partial charge in [-0.2, -0.15) is 0 Å². The molecule has 0 N–H and O–H groups in total. The molecule has 0 saturated heterocycles. The standard InChI is InChI=1S/C16H19ClOSi/c1-5-16(19(2,3)4)15-11-10-14(18-15)12-6-8-13(17)9-7-12/h5-11H,1-4H3/b16-5+. The van der Waals surface area contributed by atoms with Gasteiger partial charge in [0.25, 0.3) is 0 Å². The molecule has 0 amide bonds. The van der Waals surface area contributed by atoms with Crippen molar-refractivity contribution < 1.29 is 4.42 Å². The van der Waals surface area contributed by atoms with E-state index >= 15 is 0 Å². The second-order valence-corrected chi connectivity index (χ2v) is 11.1. The van der Waals surface area contributed by atoms with Crippen molar-refractivity contribution in [2.45, 2.75) is 26.6 Å². The molecule has 1 aromatic heterocycles. The molecule has 0 bridgehead atoms. The van der Waals surface area contributed by atoms with E-state index in [0.717, 1.165) is 22.1 Å². The average Bonchev–Trinajstić information content (AvgIpc) is 2.78. The Morgan fingerprint density at radius 1 is 1.05 bits per heavy atom. The van der Waals surface area contributed by atoms with E-state index < -0.39 is 8.07 Å². The van der Waals surface area contributed by atoms with Gasteiger partial charge in [-0.1, -0.05) is 37.3 Å². The second kappa shape index (κ2) is 5.39. The molecule has 1 nitrogen and oxygen atoms in total. The van der Waals surface area contributed by atoms with Gasteiger partial charge in [-0.05, 0) is 48.5 Å². The summed E-state index contributed by atoms with van der Waals surface area (Å²) in [5.74, 6) is 1.89. The maximum Gasteiger partial charge on any atom is 0.134 e. The molecule has 1 aromatic carbocycles. The third kappa shape index (κ3) is 3.20. The first-order valence-corrected chi connectivity index (χ1v) is 10.3. The summed E-state index contributed by atoms with van der Waals surface area (Å²) >= 11 is 5.90. The molecular formula is C16H19ClOSi. The number of halogens is 1. The van der Waals surface area contributed by atoms with Crippen molar-refractivity contribution >= 4 is 24.9 Å². The normalized spacial score (nSPS) is 12.8. The molecule has 19 heavy (non-hydrogen) atoms. The Balaban J connectivity index is 2.36. The van der Waals surface area contributed by atoms with E-state index in [1.165, 1.54) is 5.20 Å². The fourth-order valence-electron chi connectivity index (χ4n) is 2.20. The SMILES string of the molecule is C/C=C(\c1ccc(-c2ccc(Cl)cc2)o1)[Si](C)(C)C. The third-order valence-corrected chi connectivity index (χ3v) is 5.50. The molecular weight excluding hydrogens is 272 g/mol. The van der Waals surface area contributed by atoms with E-state index in [-0.39, 0.29) is 0 Å². The Labute approximate surface area is 120 Å². The first-order valence-electron chi connectivity index (χ1n) is 6.45. The number of allylic oxidation sites excluding steroid dienone is 1. The van der Waals surface area contributed by atoms with Crippen molar-refractivity contribution in [3.05, 3.63) is 53.3 Å². The number of furan rings is 1. The van der Waals surface area contributed by atoms with Gasteiger partial charge < -0.3 is 4.42 Å². The van der Waals surface area contributed by atoms with Gasteiger partial charge in [0.15, 0.2) is 0 Å². The molecule has 3 heteroatoms. The maximum absolute atomic E-state index is 6.01. The second-order valence-electron chi connectivity index (χ2n) is 5.62. The Kier molecular flexibility index (Phi) is 4.02. The van der Waals surface area contributed by atoms with E-state index in [9.17, 15) is 0 Å². The van der Waals surface area contributed by atoms with Crippen LogP contribution in [0.2, 0.25) is 24.7 Å². The lowest BCUT2D eigenvalue weighted by Crippen LogP contribution is -2.22. The lowest BCUT2D eigenvalue weighted by atomic mass is 10.2. The molecule has 2 aromatic rings. The van der Waals surface area contributed by atoms with Crippen LogP contribution < -0.4 is 0 Å². The van der Waals surface area contributed by atoms with Crippen molar-refractivity contribution in [3.8, 4) is 11.3 Å². The van der Waals surface area contributed by atoms with Crippen molar-refractivity contribution in [1.82, 2.24) is 0 Å². The van der Waals surface area contributed by atoms with Gasteiger partial charge in [-0.15, -0.1) is 0 Å². The zero-order chi connectivity index (χ0) is 14.0. The minimum absolute atomic E-state index is 0.742. The van der Waals surface area contributed by atoms with E-state index in [1.807, 2.05) is 30.3 Å². The molecule has 0 aliphatic rings. The van der Waals surface area contributed by atoms with Crippen LogP contribution in [-0.4, -0.2) is 8.07 Å². The smallest absolute Gasteiger partial charge is 0.134 e. The molecule has 0 unspecified atom stereocenters. The monoisotopic (exact) mass is 290 g/mol. The van der Waals surface area contributed by atoms with E-state index in [0.29, 0.717) is 0 Å². The highest BCUT2D eigenvalue weighted by molar-refractivity contribution is 6.93. The Morgan fingerprint density at radius 3 is 2.21 bits per heavy atom. The lowest BCUT2D eigenvalue weighted by molar-refractivity contribution is 0.569. The molecule has 0 saturated carbocycles. The predicted molar refractivity (Wildman–Crippen MR) is 86.2 cm³/mol. The van der Waals surface area contributed by atoms with Gasteiger partial charge in [0.05, 0.1) is 8.07 Å². The van der Waals surface area contributed by atoms with Gasteiger partial charge in [-0.25, -0.2) is 0 Å². The molecule has 0 spiro atoms. The average molecular weight is 291 g/mol. The van der Waals surface area contributed by atoms with Crippen LogP contribution in [0, 0.1) is 0 Å². The quantitative estimate of drug-likeness (QED) is 0.643. The summed E-state index contributed by atoms with van der Waals surface area (Å²) in [4.78, 5) is 0. The van der Waals surface area contributed by atoms with Crippen LogP contribution in [0.5, 0.6) is 0 Å². The van der Waals surface area contributed by atoms with Crippen molar-refractivity contribution in [3.63, 3.8) is 0 Å². The molecule has 100 valence electrons. The summed E-state index contributed by atoms with van der Waals surface area (Å²) in [7, 11) is -1.38. The summed E-state index contributed by atoms with van der Waals surface area (Å²) in [5, 5.41) is 2.10. The Hall–Kier alpha value is -1.25. The van der Waals surface area contributed by atoms with E-state index in [2.05, 4.69) is 38.7 Å². The Bertz CT molecular complexity index is 588. The first-order chi connectivity index (χ1) is 8.91. The zero-order valence-electron chi connectivity index (χ0n) is 11.8. The Morgan fingerprint density at radius 2 is 1.68 bits per heavy atom. The van der Waals surface area contributed by atoms with Crippen LogP contribution in [0.4, 0.5) is 0 Å². The molecule has 1 heterocycles. The summed E-state index contributed by atoms with van der Waals surface area (Å²) in [5.41, 5.74) is 1.06. The molecule has 0 fully saturated rings. The summed E-state index contributed by atoms with van der Waals surface area (Å²) < 4.78 is 6.01. The molecule has 0 radical (unpaired) electrons. The summed E-state index contributed by atoms with van der Waals surface area (Å²) in [6.07, 6.45) is 2.18. The minimum atomic E-state index is -1.38. The van der Waals surface area contributed by atoms with E-state index in [4.69, 9.17) is 16.0 Å². The number of rotatable bonds is 3. The van der Waals surface area contributed by atoms with Crippen LogP contribution in [0.25, 0.3) is 16.5 Å². The van der Waals surface area contributed by atoms with Crippen molar-refractivity contribution in [1.29, 1.82) is 0 Å². The number of hydrogen-bond acceptors (Lipinski definition) is 1. The first kappa shape index (κ1) is 14.2. The summed E-state index contributed by atoms with van der Waals surface area (Å²) in [6, 6.07) is 11.8. The van der Waals surface area contributed by atoms with Gasteiger partial charge >= 0.3 is 0 Å². The minimum Gasteiger partial charge on any atom is -0.457 e. The lowest BCUT2D eigenvalue weighted by Gasteiger charge is -2.18. The zero-order valence-corrected chi connectivity index (χ0v) is 13.6. The van der Waals surface area contributed by atoms with Gasteiger partial charge in [0, 0.05) is 10.6 Å². The highest BCUT2D eigenvalue weighted by Crippen LogP contribution is 2.31. The predicted octanol–water partition coefficient (Wildman–Crippen LogP) is 5.88. The van der Waals surface area contributed by atoms with Crippen molar-refractivity contribution in [2.75, 3.05) is 0 Å². The summed E-state index contributed by atoms with van der Waals surface area (Å²) in [6.45, 7) is 9.06. The largest absolute Gasteiger partial charge is 0.457 e. The van der Waals surface area contributed by atoms with Crippen molar-refractivity contribution in [2.24, 2.45) is 0 Å². The molecule has 0 aliphatic heterocycles. The highest BCUT2D eigenvalue weighted by atomic mass is 35.5. The fraction of sp³-hybridized carbons (Fsp3) is 0.250. The maximum atomic E-state index is 6.01. The van der Waals surface area contributed by atoms with Gasteiger partial charge in [0.1, 0.15) is 11.5 Å². The van der Waals surface area contributed by atoms with Gasteiger partial charge in [0.2, 0.25) is 0 Å². The molecule has 2 rings (SSSR count). The van der Waals surface area contributed by atoms with Crippen LogP contribution in [-0.2, 0) is 0 Å². The van der Waals surface area contributed by atoms with Crippen LogP contribution >= 0.6 is 11.6 Å².